The predicted molar refractivity (Wildman–Crippen MR) is 78.3 cm³/mol. The zero-order valence-corrected chi connectivity index (χ0v) is 11.2. The Hall–Kier alpha value is -2.29. The van der Waals surface area contributed by atoms with Gasteiger partial charge in [-0.05, 0) is 36.2 Å². The summed E-state index contributed by atoms with van der Waals surface area (Å²) in [6.07, 6.45) is 0. The second kappa shape index (κ2) is 6.05. The molecule has 2 rings (SSSR count). The fourth-order valence-corrected chi connectivity index (χ4v) is 1.90. The molecule has 0 aliphatic heterocycles. The van der Waals surface area contributed by atoms with Crippen molar-refractivity contribution in [2.75, 3.05) is 12.4 Å². The Morgan fingerprint density at radius 2 is 1.89 bits per heavy atom. The number of amides is 1. The topological polar surface area (TPSA) is 41.1 Å². The Balaban J connectivity index is 2.03. The van der Waals surface area contributed by atoms with Gasteiger partial charge in [0.25, 0.3) is 5.91 Å². The molecule has 2 N–H and O–H groups in total. The Kier molecular flexibility index (Phi) is 4.18. The first-order valence-corrected chi connectivity index (χ1v) is 6.31. The first kappa shape index (κ1) is 13.1. The van der Waals surface area contributed by atoms with Gasteiger partial charge in [0.05, 0.1) is 0 Å². The van der Waals surface area contributed by atoms with Crippen LogP contribution in [0.15, 0.2) is 48.5 Å². The molecule has 0 atom stereocenters. The molecule has 98 valence electrons. The summed E-state index contributed by atoms with van der Waals surface area (Å²) < 4.78 is 0. The summed E-state index contributed by atoms with van der Waals surface area (Å²) in [6, 6.07) is 15.5. The van der Waals surface area contributed by atoms with E-state index < -0.39 is 0 Å². The highest BCUT2D eigenvalue weighted by Crippen LogP contribution is 2.10. The van der Waals surface area contributed by atoms with Crippen LogP contribution in [0.3, 0.4) is 0 Å². The van der Waals surface area contributed by atoms with Gasteiger partial charge in [-0.1, -0.05) is 30.3 Å². The third-order valence-corrected chi connectivity index (χ3v) is 3.11. The van der Waals surface area contributed by atoms with Crippen molar-refractivity contribution in [2.45, 2.75) is 13.5 Å². The second-order valence-corrected chi connectivity index (χ2v) is 4.44. The van der Waals surface area contributed by atoms with Crippen LogP contribution >= 0.6 is 0 Å². The third-order valence-electron chi connectivity index (χ3n) is 3.11. The van der Waals surface area contributed by atoms with E-state index in [0.29, 0.717) is 12.1 Å². The first-order chi connectivity index (χ1) is 9.20. The number of aryl methyl sites for hydroxylation is 1. The Labute approximate surface area is 113 Å². The maximum absolute atomic E-state index is 12.1. The maximum Gasteiger partial charge on any atom is 0.251 e. The van der Waals surface area contributed by atoms with Gasteiger partial charge < -0.3 is 10.6 Å². The minimum Gasteiger partial charge on any atom is -0.388 e. The van der Waals surface area contributed by atoms with E-state index >= 15 is 0 Å². The van der Waals surface area contributed by atoms with Crippen molar-refractivity contribution in [1.29, 1.82) is 0 Å². The van der Waals surface area contributed by atoms with E-state index in [1.807, 2.05) is 62.5 Å². The lowest BCUT2D eigenvalue weighted by Crippen LogP contribution is -2.23. The zero-order valence-electron chi connectivity index (χ0n) is 11.2. The lowest BCUT2D eigenvalue weighted by atomic mass is 10.1. The Morgan fingerprint density at radius 3 is 2.63 bits per heavy atom. The van der Waals surface area contributed by atoms with Crippen LogP contribution in [0.2, 0.25) is 0 Å². The molecule has 2 aromatic carbocycles. The van der Waals surface area contributed by atoms with Crippen LogP contribution in [-0.4, -0.2) is 13.0 Å². The van der Waals surface area contributed by atoms with Gasteiger partial charge in [0.15, 0.2) is 0 Å². The van der Waals surface area contributed by atoms with Crippen molar-refractivity contribution < 1.29 is 4.79 Å². The van der Waals surface area contributed by atoms with Gasteiger partial charge in [0, 0.05) is 24.8 Å². The van der Waals surface area contributed by atoms with E-state index in [2.05, 4.69) is 10.6 Å². The van der Waals surface area contributed by atoms with Gasteiger partial charge in [-0.25, -0.2) is 0 Å². The molecule has 0 fully saturated rings. The summed E-state index contributed by atoms with van der Waals surface area (Å²) in [4.78, 5) is 12.1. The van der Waals surface area contributed by atoms with Crippen LogP contribution < -0.4 is 10.6 Å². The molecule has 2 aromatic rings. The molecule has 0 aliphatic carbocycles. The fourth-order valence-electron chi connectivity index (χ4n) is 1.90. The molecule has 0 radical (unpaired) electrons. The van der Waals surface area contributed by atoms with E-state index in [1.54, 1.807) is 0 Å². The number of anilines is 1. The highest BCUT2D eigenvalue weighted by atomic mass is 16.1. The molecule has 0 aliphatic rings. The molecule has 19 heavy (non-hydrogen) atoms. The molecule has 0 unspecified atom stereocenters. The first-order valence-electron chi connectivity index (χ1n) is 6.31. The van der Waals surface area contributed by atoms with Gasteiger partial charge >= 0.3 is 0 Å². The average Bonchev–Trinajstić information content (AvgIpc) is 2.46. The van der Waals surface area contributed by atoms with Crippen LogP contribution in [0.25, 0.3) is 0 Å². The van der Waals surface area contributed by atoms with Crippen molar-refractivity contribution in [3.63, 3.8) is 0 Å². The Morgan fingerprint density at radius 1 is 1.11 bits per heavy atom. The van der Waals surface area contributed by atoms with Crippen LogP contribution in [-0.2, 0) is 6.54 Å². The number of benzene rings is 2. The van der Waals surface area contributed by atoms with Crippen molar-refractivity contribution in [2.24, 2.45) is 0 Å². The molecular weight excluding hydrogens is 236 g/mol. The highest BCUT2D eigenvalue weighted by Gasteiger charge is 2.06. The Bertz CT molecular complexity index is 578. The molecule has 0 saturated carbocycles. The number of hydrogen-bond acceptors (Lipinski definition) is 2. The molecule has 3 nitrogen and oxygen atoms in total. The van der Waals surface area contributed by atoms with Crippen LogP contribution in [0.4, 0.5) is 5.69 Å². The largest absolute Gasteiger partial charge is 0.388 e. The van der Waals surface area contributed by atoms with Crippen LogP contribution in [0.5, 0.6) is 0 Å². The molecule has 0 spiro atoms. The third kappa shape index (κ3) is 3.35. The normalized spacial score (nSPS) is 10.0. The fraction of sp³-hybridized carbons (Fsp3) is 0.188. The van der Waals surface area contributed by atoms with E-state index in [0.717, 1.165) is 11.3 Å². The lowest BCUT2D eigenvalue weighted by Gasteiger charge is -2.08. The summed E-state index contributed by atoms with van der Waals surface area (Å²) >= 11 is 0. The van der Waals surface area contributed by atoms with E-state index in [1.165, 1.54) is 5.56 Å². The van der Waals surface area contributed by atoms with Gasteiger partial charge in [-0.3, -0.25) is 4.79 Å². The molecular formula is C16H18N2O. The molecule has 0 saturated heterocycles. The summed E-state index contributed by atoms with van der Waals surface area (Å²) in [7, 11) is 1.84. The van der Waals surface area contributed by atoms with Crippen molar-refractivity contribution >= 4 is 11.6 Å². The summed E-state index contributed by atoms with van der Waals surface area (Å²) in [5.74, 6) is -0.0552. The average molecular weight is 254 g/mol. The number of carbonyl (C=O) groups excluding carboxylic acids is 1. The monoisotopic (exact) mass is 254 g/mol. The van der Waals surface area contributed by atoms with Crippen molar-refractivity contribution in [3.05, 3.63) is 65.2 Å². The lowest BCUT2D eigenvalue weighted by molar-refractivity contribution is 0.0951. The summed E-state index contributed by atoms with van der Waals surface area (Å²) in [5, 5.41) is 5.97. The minimum atomic E-state index is -0.0552. The van der Waals surface area contributed by atoms with Crippen molar-refractivity contribution in [3.8, 4) is 0 Å². The number of rotatable bonds is 4. The zero-order chi connectivity index (χ0) is 13.7. The summed E-state index contributed by atoms with van der Waals surface area (Å²) in [6.45, 7) is 2.60. The van der Waals surface area contributed by atoms with Crippen LogP contribution in [0.1, 0.15) is 21.5 Å². The van der Waals surface area contributed by atoms with Gasteiger partial charge in [-0.15, -0.1) is 0 Å². The molecule has 0 heterocycles. The quantitative estimate of drug-likeness (QED) is 0.880. The van der Waals surface area contributed by atoms with E-state index in [9.17, 15) is 4.79 Å². The van der Waals surface area contributed by atoms with Gasteiger partial charge in [0.1, 0.15) is 0 Å². The smallest absolute Gasteiger partial charge is 0.251 e. The molecule has 0 bridgehead atoms. The number of carbonyl (C=O) groups is 1. The van der Waals surface area contributed by atoms with Crippen LogP contribution in [0, 0.1) is 6.92 Å². The second-order valence-electron chi connectivity index (χ2n) is 4.44. The molecule has 3 heteroatoms. The predicted octanol–water partition coefficient (Wildman–Crippen LogP) is 2.97. The maximum atomic E-state index is 12.1. The molecule has 1 amide bonds. The molecule has 0 aromatic heterocycles. The van der Waals surface area contributed by atoms with Crippen molar-refractivity contribution in [1.82, 2.24) is 5.32 Å². The number of nitrogens with one attached hydrogen (secondary N) is 2. The number of hydrogen-bond donors (Lipinski definition) is 2. The van der Waals surface area contributed by atoms with E-state index in [4.69, 9.17) is 0 Å². The SMILES string of the molecule is CNc1cccc(C(=O)NCc2ccccc2C)c1. The van der Waals surface area contributed by atoms with Gasteiger partial charge in [0.2, 0.25) is 0 Å². The highest BCUT2D eigenvalue weighted by molar-refractivity contribution is 5.95. The van der Waals surface area contributed by atoms with E-state index in [-0.39, 0.29) is 5.91 Å². The van der Waals surface area contributed by atoms with Gasteiger partial charge in [-0.2, -0.15) is 0 Å². The minimum absolute atomic E-state index is 0.0552. The summed E-state index contributed by atoms with van der Waals surface area (Å²) in [5.41, 5.74) is 3.93. The standard InChI is InChI=1S/C16H18N2O/c1-12-6-3-4-7-14(12)11-18-16(19)13-8-5-9-15(10-13)17-2/h3-10,17H,11H2,1-2H3,(H,18,19).